The zero-order valence-corrected chi connectivity index (χ0v) is 11.6. The first-order valence-corrected chi connectivity index (χ1v) is 7.14. The van der Waals surface area contributed by atoms with E-state index in [0.717, 1.165) is 12.0 Å². The molecule has 2 heteroatoms. The molecule has 1 unspecified atom stereocenters. The van der Waals surface area contributed by atoms with Gasteiger partial charge in [-0.2, -0.15) is 0 Å². The summed E-state index contributed by atoms with van der Waals surface area (Å²) in [4.78, 5) is 2.51. The van der Waals surface area contributed by atoms with Crippen molar-refractivity contribution in [2.75, 3.05) is 19.6 Å². The molecule has 16 heavy (non-hydrogen) atoms. The van der Waals surface area contributed by atoms with E-state index in [1.54, 1.807) is 0 Å². The summed E-state index contributed by atoms with van der Waals surface area (Å²) in [5, 5.41) is 3.74. The maximum Gasteiger partial charge on any atom is 0.00746 e. The van der Waals surface area contributed by atoms with Gasteiger partial charge in [0.15, 0.2) is 0 Å². The molecular weight excluding hydrogens is 196 g/mol. The van der Waals surface area contributed by atoms with Crippen molar-refractivity contribution in [1.82, 2.24) is 10.2 Å². The molecule has 0 spiro atoms. The molecule has 1 aliphatic carbocycles. The fourth-order valence-electron chi connectivity index (χ4n) is 2.69. The van der Waals surface area contributed by atoms with E-state index in [-0.39, 0.29) is 0 Å². The van der Waals surface area contributed by atoms with E-state index in [1.165, 1.54) is 45.3 Å². The van der Waals surface area contributed by atoms with Gasteiger partial charge in [0.2, 0.25) is 0 Å². The molecule has 96 valence electrons. The highest BCUT2D eigenvalue weighted by atomic mass is 15.1. The van der Waals surface area contributed by atoms with E-state index in [4.69, 9.17) is 0 Å². The molecule has 2 nitrogen and oxygen atoms in total. The van der Waals surface area contributed by atoms with Gasteiger partial charge in [0.05, 0.1) is 0 Å². The lowest BCUT2D eigenvalue weighted by Gasteiger charge is -2.35. The van der Waals surface area contributed by atoms with Gasteiger partial charge in [0.1, 0.15) is 0 Å². The lowest BCUT2D eigenvalue weighted by molar-refractivity contribution is 0.217. The van der Waals surface area contributed by atoms with Crippen LogP contribution in [-0.2, 0) is 0 Å². The normalized spacial score (nSPS) is 26.8. The monoisotopic (exact) mass is 226 g/mol. The second-order valence-electron chi connectivity index (χ2n) is 5.51. The highest BCUT2D eigenvalue weighted by Crippen LogP contribution is 2.26. The molecule has 0 bridgehead atoms. The molecule has 0 heterocycles. The smallest absolute Gasteiger partial charge is 0.00746 e. The second-order valence-corrected chi connectivity index (χ2v) is 5.51. The molecule has 0 aromatic carbocycles. The highest BCUT2D eigenvalue weighted by Gasteiger charge is 2.25. The molecule has 0 amide bonds. The number of nitrogens with one attached hydrogen (secondary N) is 1. The van der Waals surface area contributed by atoms with Crippen LogP contribution in [0.5, 0.6) is 0 Å². The van der Waals surface area contributed by atoms with E-state index in [2.05, 4.69) is 37.9 Å². The Balaban J connectivity index is 1.99. The van der Waals surface area contributed by atoms with Gasteiger partial charge in [0, 0.05) is 12.1 Å². The van der Waals surface area contributed by atoms with Crippen LogP contribution in [0.2, 0.25) is 0 Å². The predicted octanol–water partition coefficient (Wildman–Crippen LogP) is 2.89. The van der Waals surface area contributed by atoms with Gasteiger partial charge in [-0.25, -0.2) is 0 Å². The molecule has 0 aliphatic heterocycles. The first-order chi connectivity index (χ1) is 7.65. The van der Waals surface area contributed by atoms with Crippen molar-refractivity contribution < 1.29 is 0 Å². The lowest BCUT2D eigenvalue weighted by Crippen LogP contribution is -2.44. The number of nitrogens with zero attached hydrogens (tertiary/aromatic N) is 1. The highest BCUT2D eigenvalue weighted by molar-refractivity contribution is 4.84. The standard InChI is InChI=1S/C14H30N2/c1-5-16(6-2)9-7-8-13(4)15-14-10-12(3)11-14/h12-15H,5-11H2,1-4H3. The van der Waals surface area contributed by atoms with Crippen LogP contribution in [0.15, 0.2) is 0 Å². The zero-order valence-electron chi connectivity index (χ0n) is 11.6. The van der Waals surface area contributed by atoms with Crippen LogP contribution in [0.1, 0.15) is 53.4 Å². The first-order valence-electron chi connectivity index (χ1n) is 7.14. The maximum absolute atomic E-state index is 3.74. The zero-order chi connectivity index (χ0) is 12.0. The third-order valence-corrected chi connectivity index (χ3v) is 3.90. The second kappa shape index (κ2) is 7.29. The van der Waals surface area contributed by atoms with Crippen LogP contribution in [0.4, 0.5) is 0 Å². The van der Waals surface area contributed by atoms with Crippen molar-refractivity contribution in [2.24, 2.45) is 5.92 Å². The summed E-state index contributed by atoms with van der Waals surface area (Å²) in [7, 11) is 0. The van der Waals surface area contributed by atoms with E-state index in [1.807, 2.05) is 0 Å². The molecule has 1 atom stereocenters. The minimum absolute atomic E-state index is 0.702. The Morgan fingerprint density at radius 1 is 1.25 bits per heavy atom. The third-order valence-electron chi connectivity index (χ3n) is 3.90. The van der Waals surface area contributed by atoms with Gasteiger partial charge in [-0.05, 0) is 58.2 Å². The molecule has 1 aliphatic rings. The molecule has 1 saturated carbocycles. The number of rotatable bonds is 8. The van der Waals surface area contributed by atoms with Crippen LogP contribution < -0.4 is 5.32 Å². The summed E-state index contributed by atoms with van der Waals surface area (Å²) in [5.41, 5.74) is 0. The van der Waals surface area contributed by atoms with Crippen LogP contribution in [0.25, 0.3) is 0 Å². The van der Waals surface area contributed by atoms with Crippen molar-refractivity contribution in [3.05, 3.63) is 0 Å². The Morgan fingerprint density at radius 2 is 1.88 bits per heavy atom. The van der Waals surface area contributed by atoms with Gasteiger partial charge < -0.3 is 10.2 Å². The molecule has 0 aromatic heterocycles. The Labute approximate surface area is 102 Å². The summed E-state index contributed by atoms with van der Waals surface area (Å²) in [6, 6.07) is 1.52. The average Bonchev–Trinajstić information content (AvgIpc) is 2.22. The van der Waals surface area contributed by atoms with Gasteiger partial charge >= 0.3 is 0 Å². The fourth-order valence-corrected chi connectivity index (χ4v) is 2.69. The third kappa shape index (κ3) is 4.84. The first kappa shape index (κ1) is 14.0. The minimum atomic E-state index is 0.702. The van der Waals surface area contributed by atoms with Gasteiger partial charge in [-0.3, -0.25) is 0 Å². The van der Waals surface area contributed by atoms with Crippen molar-refractivity contribution in [3.8, 4) is 0 Å². The van der Waals surface area contributed by atoms with Crippen molar-refractivity contribution >= 4 is 0 Å². The fraction of sp³-hybridized carbons (Fsp3) is 1.00. The van der Waals surface area contributed by atoms with E-state index < -0.39 is 0 Å². The largest absolute Gasteiger partial charge is 0.311 e. The van der Waals surface area contributed by atoms with Crippen LogP contribution in [0.3, 0.4) is 0 Å². The summed E-state index contributed by atoms with van der Waals surface area (Å²) in [6.45, 7) is 12.8. The van der Waals surface area contributed by atoms with Gasteiger partial charge in [-0.1, -0.05) is 20.8 Å². The van der Waals surface area contributed by atoms with E-state index in [9.17, 15) is 0 Å². The van der Waals surface area contributed by atoms with Crippen molar-refractivity contribution in [2.45, 2.75) is 65.5 Å². The average molecular weight is 226 g/mol. The molecule has 0 aromatic rings. The Morgan fingerprint density at radius 3 is 2.38 bits per heavy atom. The Kier molecular flexibility index (Phi) is 6.37. The molecule has 1 fully saturated rings. The lowest BCUT2D eigenvalue weighted by atomic mass is 9.81. The van der Waals surface area contributed by atoms with Crippen LogP contribution in [0, 0.1) is 5.92 Å². The van der Waals surface area contributed by atoms with Crippen molar-refractivity contribution in [3.63, 3.8) is 0 Å². The molecule has 0 saturated heterocycles. The van der Waals surface area contributed by atoms with Crippen molar-refractivity contribution in [1.29, 1.82) is 0 Å². The Hall–Kier alpha value is -0.0800. The molecule has 0 radical (unpaired) electrons. The van der Waals surface area contributed by atoms with E-state index in [0.29, 0.717) is 6.04 Å². The molecular formula is C14H30N2. The van der Waals surface area contributed by atoms with E-state index >= 15 is 0 Å². The minimum Gasteiger partial charge on any atom is -0.311 e. The number of hydrogen-bond donors (Lipinski definition) is 1. The van der Waals surface area contributed by atoms with Crippen LogP contribution >= 0.6 is 0 Å². The SMILES string of the molecule is CCN(CC)CCCC(C)NC1CC(C)C1. The summed E-state index contributed by atoms with van der Waals surface area (Å²) < 4.78 is 0. The summed E-state index contributed by atoms with van der Waals surface area (Å²) in [5.74, 6) is 0.959. The number of hydrogen-bond acceptors (Lipinski definition) is 2. The molecule has 1 rings (SSSR count). The van der Waals surface area contributed by atoms with Gasteiger partial charge in [-0.15, -0.1) is 0 Å². The predicted molar refractivity (Wildman–Crippen MR) is 71.8 cm³/mol. The topological polar surface area (TPSA) is 15.3 Å². The molecule has 1 N–H and O–H groups in total. The van der Waals surface area contributed by atoms with Gasteiger partial charge in [0.25, 0.3) is 0 Å². The van der Waals surface area contributed by atoms with Crippen LogP contribution in [-0.4, -0.2) is 36.6 Å². The Bertz CT molecular complexity index is 172. The summed E-state index contributed by atoms with van der Waals surface area (Å²) >= 11 is 0. The maximum atomic E-state index is 3.74. The summed E-state index contributed by atoms with van der Waals surface area (Å²) in [6.07, 6.45) is 5.43. The quantitative estimate of drug-likeness (QED) is 0.684.